The summed E-state index contributed by atoms with van der Waals surface area (Å²) in [5.41, 5.74) is 0.0773. The zero-order chi connectivity index (χ0) is 8.85. The Morgan fingerprint density at radius 2 is 2.09 bits per heavy atom. The highest BCUT2D eigenvalue weighted by molar-refractivity contribution is 6.34. The standard InChI is InChI=1S/C8H9ClO2/c1-4-5-11-8(10)6(2)7(3)9/h4H,1-3,5H2. The third-order valence-electron chi connectivity index (χ3n) is 0.906. The monoisotopic (exact) mass is 172 g/mol. The number of carbonyl (C=O) groups excluding carboxylic acids is 1. The van der Waals surface area contributed by atoms with Crippen molar-refractivity contribution >= 4 is 17.6 Å². The summed E-state index contributed by atoms with van der Waals surface area (Å²) >= 11 is 5.38. The first kappa shape index (κ1) is 9.98. The maximum absolute atomic E-state index is 10.8. The summed E-state index contributed by atoms with van der Waals surface area (Å²) in [6.45, 7) is 10.2. The Balaban J connectivity index is 3.94. The van der Waals surface area contributed by atoms with E-state index in [0.29, 0.717) is 0 Å². The minimum Gasteiger partial charge on any atom is -0.458 e. The molecule has 0 bridgehead atoms. The molecule has 0 unspecified atom stereocenters. The Kier molecular flexibility index (Phi) is 4.30. The number of ether oxygens (including phenoxy) is 1. The second-order valence-corrected chi connectivity index (χ2v) is 2.23. The van der Waals surface area contributed by atoms with E-state index in [1.54, 1.807) is 0 Å². The van der Waals surface area contributed by atoms with E-state index < -0.39 is 5.97 Å². The van der Waals surface area contributed by atoms with Crippen LogP contribution in [0.25, 0.3) is 0 Å². The average Bonchev–Trinajstić information content (AvgIpc) is 1.98. The first-order chi connectivity index (χ1) is 5.09. The van der Waals surface area contributed by atoms with Crippen molar-refractivity contribution in [2.24, 2.45) is 0 Å². The largest absolute Gasteiger partial charge is 0.458 e. The second kappa shape index (κ2) is 4.74. The van der Waals surface area contributed by atoms with E-state index in [4.69, 9.17) is 11.6 Å². The fourth-order valence-electron chi connectivity index (χ4n) is 0.332. The smallest absolute Gasteiger partial charge is 0.339 e. The molecule has 0 aliphatic rings. The van der Waals surface area contributed by atoms with Crippen LogP contribution in [0.2, 0.25) is 0 Å². The lowest BCUT2D eigenvalue weighted by molar-refractivity contribution is -0.137. The van der Waals surface area contributed by atoms with Crippen molar-refractivity contribution < 1.29 is 9.53 Å². The summed E-state index contributed by atoms with van der Waals surface area (Å²) in [5.74, 6) is -0.565. The summed E-state index contributed by atoms with van der Waals surface area (Å²) in [5, 5.41) is 0.0964. The molecule has 0 aliphatic carbocycles. The fraction of sp³-hybridized carbons (Fsp3) is 0.125. The molecule has 11 heavy (non-hydrogen) atoms. The van der Waals surface area contributed by atoms with Crippen molar-refractivity contribution in [1.29, 1.82) is 0 Å². The van der Waals surface area contributed by atoms with Crippen LogP contribution in [0.3, 0.4) is 0 Å². The number of esters is 1. The summed E-state index contributed by atoms with van der Waals surface area (Å²) in [7, 11) is 0. The van der Waals surface area contributed by atoms with Crippen molar-refractivity contribution in [2.75, 3.05) is 6.61 Å². The molecule has 60 valence electrons. The average molecular weight is 173 g/mol. The topological polar surface area (TPSA) is 26.3 Å². The molecule has 0 N–H and O–H groups in total. The molecule has 0 rings (SSSR count). The van der Waals surface area contributed by atoms with Crippen LogP contribution < -0.4 is 0 Å². The van der Waals surface area contributed by atoms with Gasteiger partial charge in [-0.05, 0) is 0 Å². The van der Waals surface area contributed by atoms with Crippen LogP contribution in [-0.2, 0) is 9.53 Å². The van der Waals surface area contributed by atoms with Crippen molar-refractivity contribution in [1.82, 2.24) is 0 Å². The SMILES string of the molecule is C=CCOC(=O)C(=C)C(=C)Cl. The summed E-state index contributed by atoms with van der Waals surface area (Å²) in [6, 6.07) is 0. The molecular formula is C8H9ClO2. The summed E-state index contributed by atoms with van der Waals surface area (Å²) < 4.78 is 4.61. The van der Waals surface area contributed by atoms with Crippen molar-refractivity contribution in [3.63, 3.8) is 0 Å². The van der Waals surface area contributed by atoms with Crippen LogP contribution in [0, 0.1) is 0 Å². The molecule has 0 heterocycles. The first-order valence-corrected chi connectivity index (χ1v) is 3.29. The Morgan fingerprint density at radius 3 is 2.45 bits per heavy atom. The van der Waals surface area contributed by atoms with E-state index >= 15 is 0 Å². The van der Waals surface area contributed by atoms with E-state index in [2.05, 4.69) is 24.5 Å². The molecular weight excluding hydrogens is 164 g/mol. The Bertz CT molecular complexity index is 206. The van der Waals surface area contributed by atoms with Gasteiger partial charge in [-0.15, -0.1) is 0 Å². The van der Waals surface area contributed by atoms with E-state index in [9.17, 15) is 4.79 Å². The number of halogens is 1. The van der Waals surface area contributed by atoms with Crippen LogP contribution in [0.1, 0.15) is 0 Å². The molecule has 0 amide bonds. The van der Waals surface area contributed by atoms with Crippen LogP contribution >= 0.6 is 11.6 Å². The van der Waals surface area contributed by atoms with Gasteiger partial charge in [0, 0.05) is 5.03 Å². The zero-order valence-corrected chi connectivity index (χ0v) is 6.86. The number of hydrogen-bond donors (Lipinski definition) is 0. The van der Waals surface area contributed by atoms with Gasteiger partial charge in [0.05, 0.1) is 5.57 Å². The van der Waals surface area contributed by atoms with Crippen molar-refractivity contribution in [3.05, 3.63) is 36.4 Å². The third kappa shape index (κ3) is 3.63. The molecule has 0 radical (unpaired) electrons. The van der Waals surface area contributed by atoms with Gasteiger partial charge < -0.3 is 4.74 Å². The molecule has 0 saturated heterocycles. The van der Waals surface area contributed by atoms with E-state index in [0.717, 1.165) is 0 Å². The van der Waals surface area contributed by atoms with Gasteiger partial charge >= 0.3 is 5.97 Å². The molecule has 2 nitrogen and oxygen atoms in total. The lowest BCUT2D eigenvalue weighted by atomic mass is 10.3. The lowest BCUT2D eigenvalue weighted by Crippen LogP contribution is -2.06. The minimum atomic E-state index is -0.565. The van der Waals surface area contributed by atoms with E-state index in [-0.39, 0.29) is 17.2 Å². The fourth-order valence-corrected chi connectivity index (χ4v) is 0.410. The van der Waals surface area contributed by atoms with Crippen LogP contribution in [0.5, 0.6) is 0 Å². The number of rotatable bonds is 4. The predicted octanol–water partition coefficient (Wildman–Crippen LogP) is 2.02. The molecule has 0 fully saturated rings. The summed E-state index contributed by atoms with van der Waals surface area (Å²) in [4.78, 5) is 10.8. The normalized spacial score (nSPS) is 8.45. The second-order valence-electron chi connectivity index (χ2n) is 1.77. The molecule has 0 saturated carbocycles. The highest BCUT2D eigenvalue weighted by Gasteiger charge is 2.08. The summed E-state index contributed by atoms with van der Waals surface area (Å²) in [6.07, 6.45) is 1.46. The van der Waals surface area contributed by atoms with E-state index in [1.165, 1.54) is 6.08 Å². The van der Waals surface area contributed by atoms with Gasteiger partial charge in [-0.1, -0.05) is 37.4 Å². The minimum absolute atomic E-state index is 0.0773. The van der Waals surface area contributed by atoms with Crippen molar-refractivity contribution in [3.8, 4) is 0 Å². The molecule has 0 spiro atoms. The Labute approximate surface area is 70.8 Å². The Morgan fingerprint density at radius 1 is 1.55 bits per heavy atom. The van der Waals surface area contributed by atoms with Gasteiger partial charge in [0.15, 0.2) is 0 Å². The quantitative estimate of drug-likeness (QED) is 0.281. The number of carbonyl (C=O) groups is 1. The van der Waals surface area contributed by atoms with Gasteiger partial charge in [0.2, 0.25) is 0 Å². The lowest BCUT2D eigenvalue weighted by Gasteiger charge is -2.01. The van der Waals surface area contributed by atoms with Gasteiger partial charge in [-0.25, -0.2) is 4.79 Å². The van der Waals surface area contributed by atoms with Crippen molar-refractivity contribution in [2.45, 2.75) is 0 Å². The Hall–Kier alpha value is -1.02. The molecule has 0 aromatic carbocycles. The van der Waals surface area contributed by atoms with Gasteiger partial charge in [0.1, 0.15) is 6.61 Å². The van der Waals surface area contributed by atoms with Crippen LogP contribution in [0.15, 0.2) is 36.4 Å². The predicted molar refractivity (Wildman–Crippen MR) is 45.3 cm³/mol. The van der Waals surface area contributed by atoms with E-state index in [1.807, 2.05) is 0 Å². The third-order valence-corrected chi connectivity index (χ3v) is 1.13. The molecule has 0 aliphatic heterocycles. The molecule has 3 heteroatoms. The maximum Gasteiger partial charge on any atom is 0.339 e. The molecule has 0 aromatic heterocycles. The molecule has 0 aromatic rings. The molecule has 0 atom stereocenters. The van der Waals surface area contributed by atoms with Crippen LogP contribution in [-0.4, -0.2) is 12.6 Å². The first-order valence-electron chi connectivity index (χ1n) is 2.91. The van der Waals surface area contributed by atoms with Crippen LogP contribution in [0.4, 0.5) is 0 Å². The highest BCUT2D eigenvalue weighted by atomic mass is 35.5. The van der Waals surface area contributed by atoms with Gasteiger partial charge in [-0.3, -0.25) is 0 Å². The van der Waals surface area contributed by atoms with Gasteiger partial charge in [0.25, 0.3) is 0 Å². The van der Waals surface area contributed by atoms with Gasteiger partial charge in [-0.2, -0.15) is 0 Å². The highest BCUT2D eigenvalue weighted by Crippen LogP contribution is 2.10. The number of hydrogen-bond acceptors (Lipinski definition) is 2. The maximum atomic E-state index is 10.8. The zero-order valence-electron chi connectivity index (χ0n) is 6.10.